The third kappa shape index (κ3) is 3.80. The van der Waals surface area contributed by atoms with Crippen LogP contribution in [0.3, 0.4) is 0 Å². The minimum atomic E-state index is -0.526. The van der Waals surface area contributed by atoms with Gasteiger partial charge in [0.2, 0.25) is 5.91 Å². The molecule has 5 heteroatoms. The van der Waals surface area contributed by atoms with Gasteiger partial charge in [-0.1, -0.05) is 6.92 Å². The fourth-order valence-corrected chi connectivity index (χ4v) is 2.61. The monoisotopic (exact) mass is 292 g/mol. The summed E-state index contributed by atoms with van der Waals surface area (Å²) < 4.78 is 13.0. The predicted molar refractivity (Wildman–Crippen MR) is 79.7 cm³/mol. The first kappa shape index (κ1) is 15.5. The predicted octanol–water partition coefficient (Wildman–Crippen LogP) is 2.09. The summed E-state index contributed by atoms with van der Waals surface area (Å²) in [5, 5.41) is 0. The molecular weight excluding hydrogens is 271 g/mol. The fraction of sp³-hybridized carbons (Fsp3) is 0.500. The highest BCUT2D eigenvalue weighted by Crippen LogP contribution is 2.18. The molecule has 1 aliphatic rings. The van der Waals surface area contributed by atoms with Crippen LogP contribution in [0.1, 0.15) is 19.8 Å². The zero-order valence-corrected chi connectivity index (χ0v) is 12.3. The zero-order chi connectivity index (χ0) is 15.2. The van der Waals surface area contributed by atoms with Crippen LogP contribution < -0.4 is 4.90 Å². The SMILES string of the molecule is CCC(C=O)C(=O)N1CCCN(c2ccc(F)cc2)CC1. The number of amides is 1. The number of hydrogen-bond acceptors (Lipinski definition) is 3. The van der Waals surface area contributed by atoms with Crippen LogP contribution >= 0.6 is 0 Å². The summed E-state index contributed by atoms with van der Waals surface area (Å²) in [6.45, 7) is 4.64. The molecule has 0 aliphatic carbocycles. The number of halogens is 1. The summed E-state index contributed by atoms with van der Waals surface area (Å²) in [4.78, 5) is 27.1. The number of anilines is 1. The van der Waals surface area contributed by atoms with Crippen LogP contribution in [-0.2, 0) is 9.59 Å². The van der Waals surface area contributed by atoms with Crippen LogP contribution in [0.25, 0.3) is 0 Å². The van der Waals surface area contributed by atoms with Gasteiger partial charge in [0.1, 0.15) is 12.1 Å². The molecule has 1 heterocycles. The van der Waals surface area contributed by atoms with E-state index in [0.29, 0.717) is 26.1 Å². The second-order valence-electron chi connectivity index (χ2n) is 5.29. The van der Waals surface area contributed by atoms with E-state index in [4.69, 9.17) is 0 Å². The molecule has 0 spiro atoms. The summed E-state index contributed by atoms with van der Waals surface area (Å²) >= 11 is 0. The Balaban J connectivity index is 2.00. The Morgan fingerprint density at radius 3 is 2.57 bits per heavy atom. The third-order valence-electron chi connectivity index (χ3n) is 3.92. The lowest BCUT2D eigenvalue weighted by atomic mass is 10.1. The standard InChI is InChI=1S/C16H21FN2O2/c1-2-13(12-20)16(21)19-9-3-8-18(10-11-19)15-6-4-14(17)5-7-15/h4-7,12-13H,2-3,8-11H2,1H3. The normalized spacial score (nSPS) is 17.2. The molecule has 1 amide bonds. The number of aldehydes is 1. The molecule has 1 unspecified atom stereocenters. The van der Waals surface area contributed by atoms with E-state index in [1.165, 1.54) is 12.1 Å². The Hall–Kier alpha value is -1.91. The van der Waals surface area contributed by atoms with E-state index in [-0.39, 0.29) is 11.7 Å². The van der Waals surface area contributed by atoms with Crippen molar-refractivity contribution in [2.75, 3.05) is 31.1 Å². The van der Waals surface area contributed by atoms with E-state index in [1.807, 2.05) is 6.92 Å². The zero-order valence-electron chi connectivity index (χ0n) is 12.3. The average Bonchev–Trinajstić information content (AvgIpc) is 2.75. The highest BCUT2D eigenvalue weighted by Gasteiger charge is 2.24. The second kappa shape index (κ2) is 7.20. The van der Waals surface area contributed by atoms with Gasteiger partial charge in [-0.2, -0.15) is 0 Å². The van der Waals surface area contributed by atoms with Gasteiger partial charge in [0.15, 0.2) is 0 Å². The maximum Gasteiger partial charge on any atom is 0.232 e. The molecule has 1 aromatic carbocycles. The first-order valence-electron chi connectivity index (χ1n) is 7.40. The number of nitrogens with zero attached hydrogens (tertiary/aromatic N) is 2. The molecule has 1 fully saturated rings. The topological polar surface area (TPSA) is 40.6 Å². The van der Waals surface area contributed by atoms with Gasteiger partial charge in [-0.25, -0.2) is 4.39 Å². The van der Waals surface area contributed by atoms with E-state index >= 15 is 0 Å². The molecule has 4 nitrogen and oxygen atoms in total. The molecule has 0 radical (unpaired) electrons. The maximum absolute atomic E-state index is 13.0. The summed E-state index contributed by atoms with van der Waals surface area (Å²) in [6, 6.07) is 6.41. The number of carbonyl (C=O) groups is 2. The van der Waals surface area contributed by atoms with Crippen molar-refractivity contribution >= 4 is 17.9 Å². The minimum absolute atomic E-state index is 0.0755. The average molecular weight is 292 g/mol. The van der Waals surface area contributed by atoms with Gasteiger partial charge in [-0.15, -0.1) is 0 Å². The minimum Gasteiger partial charge on any atom is -0.370 e. The Morgan fingerprint density at radius 2 is 1.95 bits per heavy atom. The Kier molecular flexibility index (Phi) is 5.31. The van der Waals surface area contributed by atoms with Gasteiger partial charge in [0, 0.05) is 31.9 Å². The van der Waals surface area contributed by atoms with Crippen molar-refractivity contribution in [1.29, 1.82) is 0 Å². The summed E-state index contributed by atoms with van der Waals surface area (Å²) in [6.07, 6.45) is 2.13. The molecule has 114 valence electrons. The van der Waals surface area contributed by atoms with Crippen LogP contribution in [0.4, 0.5) is 10.1 Å². The number of carbonyl (C=O) groups excluding carboxylic acids is 2. The van der Waals surface area contributed by atoms with E-state index in [9.17, 15) is 14.0 Å². The molecule has 0 saturated carbocycles. The highest BCUT2D eigenvalue weighted by molar-refractivity contribution is 5.91. The molecule has 1 aliphatic heterocycles. The largest absolute Gasteiger partial charge is 0.370 e. The molecule has 1 atom stereocenters. The second-order valence-corrected chi connectivity index (χ2v) is 5.29. The molecule has 21 heavy (non-hydrogen) atoms. The molecule has 0 bridgehead atoms. The molecule has 1 saturated heterocycles. The van der Waals surface area contributed by atoms with Crippen molar-refractivity contribution < 1.29 is 14.0 Å². The van der Waals surface area contributed by atoms with Crippen molar-refractivity contribution in [1.82, 2.24) is 4.90 Å². The lowest BCUT2D eigenvalue weighted by Gasteiger charge is -2.25. The smallest absolute Gasteiger partial charge is 0.232 e. The molecular formula is C16H21FN2O2. The molecule has 1 aromatic rings. The van der Waals surface area contributed by atoms with Gasteiger partial charge in [0.25, 0.3) is 0 Å². The quantitative estimate of drug-likeness (QED) is 0.630. The van der Waals surface area contributed by atoms with Crippen molar-refractivity contribution in [3.05, 3.63) is 30.1 Å². The van der Waals surface area contributed by atoms with E-state index in [1.54, 1.807) is 17.0 Å². The van der Waals surface area contributed by atoms with Crippen LogP contribution in [0.5, 0.6) is 0 Å². The van der Waals surface area contributed by atoms with Crippen molar-refractivity contribution in [3.63, 3.8) is 0 Å². The molecule has 2 rings (SSSR count). The Morgan fingerprint density at radius 1 is 1.24 bits per heavy atom. The van der Waals surface area contributed by atoms with Crippen molar-refractivity contribution in [3.8, 4) is 0 Å². The van der Waals surface area contributed by atoms with Crippen LogP contribution in [0.15, 0.2) is 24.3 Å². The molecule has 0 aromatic heterocycles. The van der Waals surface area contributed by atoms with Crippen LogP contribution in [-0.4, -0.2) is 43.3 Å². The van der Waals surface area contributed by atoms with Crippen molar-refractivity contribution in [2.24, 2.45) is 5.92 Å². The highest BCUT2D eigenvalue weighted by atomic mass is 19.1. The lowest BCUT2D eigenvalue weighted by Crippen LogP contribution is -2.39. The first-order valence-corrected chi connectivity index (χ1v) is 7.40. The fourth-order valence-electron chi connectivity index (χ4n) is 2.61. The van der Waals surface area contributed by atoms with Crippen molar-refractivity contribution in [2.45, 2.75) is 19.8 Å². The number of benzene rings is 1. The van der Waals surface area contributed by atoms with Crippen LogP contribution in [0, 0.1) is 11.7 Å². The van der Waals surface area contributed by atoms with Gasteiger partial charge < -0.3 is 14.6 Å². The lowest BCUT2D eigenvalue weighted by molar-refractivity contribution is -0.137. The Bertz CT molecular complexity index is 490. The first-order chi connectivity index (χ1) is 10.2. The summed E-state index contributed by atoms with van der Waals surface area (Å²) in [5.41, 5.74) is 0.966. The maximum atomic E-state index is 13.0. The van der Waals surface area contributed by atoms with Crippen LogP contribution in [0.2, 0.25) is 0 Å². The van der Waals surface area contributed by atoms with E-state index in [0.717, 1.165) is 24.9 Å². The van der Waals surface area contributed by atoms with E-state index in [2.05, 4.69) is 4.90 Å². The van der Waals surface area contributed by atoms with Gasteiger partial charge in [0.05, 0.1) is 5.92 Å². The Labute approximate surface area is 124 Å². The number of hydrogen-bond donors (Lipinski definition) is 0. The van der Waals surface area contributed by atoms with Gasteiger partial charge in [-0.3, -0.25) is 4.79 Å². The van der Waals surface area contributed by atoms with E-state index < -0.39 is 5.92 Å². The number of rotatable bonds is 4. The summed E-state index contributed by atoms with van der Waals surface area (Å²) in [5.74, 6) is -0.849. The summed E-state index contributed by atoms with van der Waals surface area (Å²) in [7, 11) is 0. The third-order valence-corrected chi connectivity index (χ3v) is 3.92. The van der Waals surface area contributed by atoms with Gasteiger partial charge in [-0.05, 0) is 37.1 Å². The molecule has 0 N–H and O–H groups in total. The van der Waals surface area contributed by atoms with Gasteiger partial charge >= 0.3 is 0 Å².